The molecule has 4 rings (SSSR count). The third-order valence-electron chi connectivity index (χ3n) is 5.73. The van der Waals surface area contributed by atoms with Gasteiger partial charge in [0.25, 0.3) is 5.56 Å². The summed E-state index contributed by atoms with van der Waals surface area (Å²) in [7, 11) is 0. The maximum atomic E-state index is 13.0. The Hall–Kier alpha value is -2.82. The fourth-order valence-corrected chi connectivity index (χ4v) is 4.33. The van der Waals surface area contributed by atoms with Gasteiger partial charge in [-0.15, -0.1) is 11.7 Å². The number of hydrogen-bond acceptors (Lipinski definition) is 6. The topological polar surface area (TPSA) is 79.8 Å². The molecular weight excluding hydrogens is 426 g/mol. The van der Waals surface area contributed by atoms with Crippen molar-refractivity contribution in [2.45, 2.75) is 26.6 Å². The van der Waals surface area contributed by atoms with Crippen molar-refractivity contribution in [3.63, 3.8) is 0 Å². The predicted molar refractivity (Wildman–Crippen MR) is 127 cm³/mol. The van der Waals surface area contributed by atoms with Gasteiger partial charge in [0.1, 0.15) is 0 Å². The molecule has 1 amide bonds. The minimum atomic E-state index is -0.102. The molecule has 170 valence electrons. The average Bonchev–Trinajstić information content (AvgIpc) is 3.12. The highest BCUT2D eigenvalue weighted by Gasteiger charge is 2.21. The van der Waals surface area contributed by atoms with Crippen LogP contribution in [0, 0.1) is 4.77 Å². The molecule has 0 unspecified atom stereocenters. The predicted octanol–water partition coefficient (Wildman–Crippen LogP) is 1.47. The zero-order valence-electron chi connectivity index (χ0n) is 18.4. The fraction of sp³-hybridized carbons (Fsp3) is 0.455. The van der Waals surface area contributed by atoms with Gasteiger partial charge in [0.2, 0.25) is 16.5 Å². The largest absolute Gasteiger partial charge is 0.355 e. The Labute approximate surface area is 191 Å². The smallest absolute Gasteiger partial charge is 0.263 e. The highest BCUT2D eigenvalue weighted by molar-refractivity contribution is 7.71. The van der Waals surface area contributed by atoms with Crippen LogP contribution in [0.3, 0.4) is 0 Å². The highest BCUT2D eigenvalue weighted by Crippen LogP contribution is 2.15. The molecule has 1 aliphatic heterocycles. The Balaban J connectivity index is 1.56. The summed E-state index contributed by atoms with van der Waals surface area (Å²) in [4.78, 5) is 29.4. The number of amides is 1. The van der Waals surface area contributed by atoms with Crippen molar-refractivity contribution in [3.05, 3.63) is 52.0 Å². The number of fused-ring (bicyclic) bond motifs is 3. The molecule has 0 aliphatic carbocycles. The Kier molecular flexibility index (Phi) is 6.83. The number of nitrogens with one attached hydrogen (secondary N) is 1. The van der Waals surface area contributed by atoms with E-state index >= 15 is 0 Å². The standard InChI is InChI=1S/C22H29N7O2S/c1-3-9-23-19(30)15-25-11-13-26(14-12-25)16-28-22(32)29-18-8-6-5-7-17(18)20(31)27(10-4-2)21(29)24-28/h4-8H,2-3,9-16H2,1H3,(H,23,30). The molecule has 9 nitrogen and oxygen atoms in total. The maximum absolute atomic E-state index is 13.0. The first-order valence-electron chi connectivity index (χ1n) is 11.0. The minimum Gasteiger partial charge on any atom is -0.355 e. The number of nitrogens with zero attached hydrogens (tertiary/aromatic N) is 6. The first kappa shape index (κ1) is 22.4. The van der Waals surface area contributed by atoms with Gasteiger partial charge in [0, 0.05) is 39.3 Å². The van der Waals surface area contributed by atoms with Crippen LogP contribution in [-0.2, 0) is 18.0 Å². The Bertz CT molecular complexity index is 1250. The van der Waals surface area contributed by atoms with E-state index in [2.05, 4.69) is 21.7 Å². The van der Waals surface area contributed by atoms with E-state index in [1.165, 1.54) is 0 Å². The van der Waals surface area contributed by atoms with Gasteiger partial charge in [-0.25, -0.2) is 4.68 Å². The third-order valence-corrected chi connectivity index (χ3v) is 6.13. The van der Waals surface area contributed by atoms with Crippen LogP contribution in [0.15, 0.2) is 41.7 Å². The van der Waals surface area contributed by atoms with Gasteiger partial charge in [-0.05, 0) is 30.8 Å². The summed E-state index contributed by atoms with van der Waals surface area (Å²) >= 11 is 5.76. The summed E-state index contributed by atoms with van der Waals surface area (Å²) in [5.74, 6) is 0.597. The van der Waals surface area contributed by atoms with E-state index in [1.807, 2.05) is 35.6 Å². The number of rotatable bonds is 8. The Morgan fingerprint density at radius 2 is 1.94 bits per heavy atom. The fourth-order valence-electron chi connectivity index (χ4n) is 4.06. The summed E-state index contributed by atoms with van der Waals surface area (Å²) in [6.07, 6.45) is 2.63. The molecule has 32 heavy (non-hydrogen) atoms. The molecule has 1 N–H and O–H groups in total. The van der Waals surface area contributed by atoms with Gasteiger partial charge in [-0.1, -0.05) is 25.1 Å². The lowest BCUT2D eigenvalue weighted by atomic mass is 10.2. The molecule has 3 aromatic rings. The summed E-state index contributed by atoms with van der Waals surface area (Å²) < 4.78 is 5.80. The van der Waals surface area contributed by atoms with E-state index in [1.54, 1.807) is 15.3 Å². The van der Waals surface area contributed by atoms with Crippen molar-refractivity contribution in [1.82, 2.24) is 33.9 Å². The molecule has 1 fully saturated rings. The Morgan fingerprint density at radius 3 is 2.66 bits per heavy atom. The van der Waals surface area contributed by atoms with E-state index in [0.717, 1.165) is 44.7 Å². The van der Waals surface area contributed by atoms with Gasteiger partial charge in [0.05, 0.1) is 24.1 Å². The van der Waals surface area contributed by atoms with Crippen LogP contribution in [-0.4, -0.2) is 73.7 Å². The van der Waals surface area contributed by atoms with E-state index in [-0.39, 0.29) is 11.5 Å². The molecule has 1 aliphatic rings. The van der Waals surface area contributed by atoms with Crippen LogP contribution >= 0.6 is 12.2 Å². The van der Waals surface area contributed by atoms with Crippen molar-refractivity contribution in [2.24, 2.45) is 0 Å². The van der Waals surface area contributed by atoms with Crippen molar-refractivity contribution in [1.29, 1.82) is 0 Å². The number of hydrogen-bond donors (Lipinski definition) is 1. The minimum absolute atomic E-state index is 0.0786. The molecule has 0 saturated carbocycles. The Morgan fingerprint density at radius 1 is 1.22 bits per heavy atom. The van der Waals surface area contributed by atoms with Gasteiger partial charge in [-0.2, -0.15) is 0 Å². The SMILES string of the molecule is C=CCn1c(=O)c2ccccc2n2c(=S)n(CN3CCN(CC(=O)NCCC)CC3)nc12. The van der Waals surface area contributed by atoms with E-state index in [4.69, 9.17) is 17.3 Å². The van der Waals surface area contributed by atoms with Crippen LogP contribution in [0.5, 0.6) is 0 Å². The monoisotopic (exact) mass is 455 g/mol. The number of para-hydroxylation sites is 1. The zero-order chi connectivity index (χ0) is 22.7. The second kappa shape index (κ2) is 9.76. The summed E-state index contributed by atoms with van der Waals surface area (Å²) in [5, 5.41) is 8.24. The molecule has 2 aromatic heterocycles. The third kappa shape index (κ3) is 4.38. The number of benzene rings is 1. The second-order valence-electron chi connectivity index (χ2n) is 8.02. The van der Waals surface area contributed by atoms with Crippen molar-refractivity contribution in [2.75, 3.05) is 39.3 Å². The molecule has 0 atom stereocenters. The van der Waals surface area contributed by atoms with Crippen LogP contribution in [0.1, 0.15) is 13.3 Å². The quantitative estimate of drug-likeness (QED) is 0.409. The molecule has 1 aromatic carbocycles. The molecule has 1 saturated heterocycles. The molecule has 10 heteroatoms. The highest BCUT2D eigenvalue weighted by atomic mass is 32.1. The van der Waals surface area contributed by atoms with Crippen LogP contribution in [0.25, 0.3) is 16.7 Å². The van der Waals surface area contributed by atoms with Gasteiger partial charge < -0.3 is 5.32 Å². The van der Waals surface area contributed by atoms with Crippen molar-refractivity contribution < 1.29 is 4.79 Å². The summed E-state index contributed by atoms with van der Waals surface area (Å²) in [6, 6.07) is 7.45. The first-order valence-corrected chi connectivity index (χ1v) is 11.4. The van der Waals surface area contributed by atoms with Crippen molar-refractivity contribution >= 4 is 34.8 Å². The molecular formula is C22H29N7O2S. The van der Waals surface area contributed by atoms with E-state index < -0.39 is 0 Å². The number of allylic oxidation sites excluding steroid dienone is 1. The number of piperazine rings is 1. The van der Waals surface area contributed by atoms with Crippen LogP contribution in [0.4, 0.5) is 0 Å². The molecule has 0 bridgehead atoms. The van der Waals surface area contributed by atoms with Gasteiger partial charge in [0.15, 0.2) is 0 Å². The lowest BCUT2D eigenvalue weighted by Gasteiger charge is -2.33. The number of carbonyl (C=O) groups is 1. The zero-order valence-corrected chi connectivity index (χ0v) is 19.2. The second-order valence-corrected chi connectivity index (χ2v) is 8.39. The summed E-state index contributed by atoms with van der Waals surface area (Å²) in [6.45, 7) is 11.1. The molecule has 0 radical (unpaired) electrons. The van der Waals surface area contributed by atoms with E-state index in [0.29, 0.717) is 35.7 Å². The van der Waals surface area contributed by atoms with Crippen LogP contribution < -0.4 is 10.9 Å². The average molecular weight is 456 g/mol. The van der Waals surface area contributed by atoms with E-state index in [9.17, 15) is 9.59 Å². The lowest BCUT2D eigenvalue weighted by molar-refractivity contribution is -0.122. The summed E-state index contributed by atoms with van der Waals surface area (Å²) in [5.41, 5.74) is 0.655. The molecule has 0 spiro atoms. The molecule has 3 heterocycles. The number of aromatic nitrogens is 4. The van der Waals surface area contributed by atoms with Crippen molar-refractivity contribution in [3.8, 4) is 0 Å². The van der Waals surface area contributed by atoms with Gasteiger partial charge >= 0.3 is 0 Å². The lowest BCUT2D eigenvalue weighted by Crippen LogP contribution is -2.49. The normalized spacial score (nSPS) is 15.4. The maximum Gasteiger partial charge on any atom is 0.263 e. The first-order chi connectivity index (χ1) is 15.5. The van der Waals surface area contributed by atoms with Gasteiger partial charge in [-0.3, -0.25) is 28.4 Å². The number of carbonyl (C=O) groups excluding carboxylic acids is 1. The van der Waals surface area contributed by atoms with Crippen LogP contribution in [0.2, 0.25) is 0 Å².